The van der Waals surface area contributed by atoms with Crippen LogP contribution in [0, 0.1) is 17.3 Å². The van der Waals surface area contributed by atoms with Gasteiger partial charge in [-0.1, -0.05) is 36.4 Å². The maximum atomic E-state index is 14.7. The molecule has 0 bridgehead atoms. The quantitative estimate of drug-likeness (QED) is 0.427. The lowest BCUT2D eigenvalue weighted by Crippen LogP contribution is -2.58. The van der Waals surface area contributed by atoms with Gasteiger partial charge in [0.15, 0.2) is 0 Å². The molecule has 0 aromatic heterocycles. The zero-order valence-electron chi connectivity index (χ0n) is 23.3. The summed E-state index contributed by atoms with van der Waals surface area (Å²) >= 11 is 0. The molecule has 0 spiro atoms. The molecular formula is C30H26N6O6S. The van der Waals surface area contributed by atoms with E-state index in [1.54, 1.807) is 75.4 Å². The summed E-state index contributed by atoms with van der Waals surface area (Å²) < 4.78 is 32.5. The normalized spacial score (nSPS) is 24.0. The Hall–Kier alpha value is -5.01. The van der Waals surface area contributed by atoms with Crippen molar-refractivity contribution in [2.75, 3.05) is 15.0 Å². The fourth-order valence-corrected chi connectivity index (χ4v) is 6.54. The molecule has 6 rings (SSSR count). The highest BCUT2D eigenvalue weighted by Gasteiger charge is 2.68. The average molecular weight is 599 g/mol. The molecule has 0 saturated carbocycles. The van der Waals surface area contributed by atoms with Crippen molar-refractivity contribution in [1.82, 2.24) is 0 Å². The number of benzene rings is 3. The first kappa shape index (κ1) is 28.1. The van der Waals surface area contributed by atoms with E-state index in [2.05, 4.69) is 15.3 Å². The molecule has 0 aliphatic carbocycles. The third-order valence-electron chi connectivity index (χ3n) is 7.95. The van der Waals surface area contributed by atoms with E-state index in [1.807, 2.05) is 6.07 Å². The maximum Gasteiger partial charge on any atom is 0.294 e. The Kier molecular flexibility index (Phi) is 6.58. The van der Waals surface area contributed by atoms with Crippen LogP contribution in [-0.2, 0) is 24.5 Å². The third kappa shape index (κ3) is 4.27. The minimum absolute atomic E-state index is 0.211. The van der Waals surface area contributed by atoms with E-state index in [-0.39, 0.29) is 22.0 Å². The summed E-state index contributed by atoms with van der Waals surface area (Å²) in [5.74, 6) is -4.09. The number of hydrogen-bond donors (Lipinski definition) is 1. The van der Waals surface area contributed by atoms with Crippen LogP contribution in [0.1, 0.15) is 20.8 Å². The van der Waals surface area contributed by atoms with E-state index in [9.17, 15) is 27.4 Å². The van der Waals surface area contributed by atoms with Gasteiger partial charge < -0.3 is 0 Å². The van der Waals surface area contributed by atoms with E-state index < -0.39 is 45.1 Å². The van der Waals surface area contributed by atoms with Gasteiger partial charge in [0, 0.05) is 11.4 Å². The second-order valence-corrected chi connectivity index (χ2v) is 11.9. The topological polar surface area (TPSA) is 152 Å². The van der Waals surface area contributed by atoms with E-state index in [4.69, 9.17) is 0 Å². The van der Waals surface area contributed by atoms with Gasteiger partial charge in [-0.2, -0.15) is 28.7 Å². The molecule has 3 aromatic carbocycles. The largest absolute Gasteiger partial charge is 0.294 e. The molecule has 0 saturated heterocycles. The molecule has 3 unspecified atom stereocenters. The lowest BCUT2D eigenvalue weighted by Gasteiger charge is -2.37. The predicted octanol–water partition coefficient (Wildman–Crippen LogP) is 3.72. The standard InChI is InChI=1S/C30H26N6O6S/c1-18-25(27(37)34(31-18)21-10-6-4-7-11-21)30(20(3)33-36(29(30)39)22-12-8-5-9-13-22)26-19(2)32-35(28(26)38)23-14-16-24(17-15-23)43(40,41)42/h4-17,25-26H,1-3H3,(H,40,41,42). The zero-order valence-corrected chi connectivity index (χ0v) is 24.1. The molecule has 13 heteroatoms. The SMILES string of the molecule is CC1=NN(c2ccccc2)C(=O)C1C1(C2C(=O)N(c3ccc(S(=O)(=O)O)cc3)N=C2C)C(=O)N(c2ccccc2)N=C1C. The minimum atomic E-state index is -4.46. The van der Waals surface area contributed by atoms with E-state index in [0.717, 1.165) is 17.1 Å². The first-order valence-corrected chi connectivity index (χ1v) is 14.8. The van der Waals surface area contributed by atoms with Gasteiger partial charge in [0.1, 0.15) is 17.3 Å². The van der Waals surface area contributed by atoms with Gasteiger partial charge in [-0.3, -0.25) is 18.9 Å². The third-order valence-corrected chi connectivity index (χ3v) is 8.82. The lowest BCUT2D eigenvalue weighted by atomic mass is 9.60. The Morgan fingerprint density at radius 1 is 0.628 bits per heavy atom. The van der Waals surface area contributed by atoms with Crippen LogP contribution in [0.4, 0.5) is 17.1 Å². The van der Waals surface area contributed by atoms with Crippen molar-refractivity contribution in [3.05, 3.63) is 84.9 Å². The molecule has 0 fully saturated rings. The van der Waals surface area contributed by atoms with Crippen molar-refractivity contribution in [3.8, 4) is 0 Å². The molecule has 218 valence electrons. The highest BCUT2D eigenvalue weighted by molar-refractivity contribution is 7.85. The van der Waals surface area contributed by atoms with Crippen LogP contribution in [0.3, 0.4) is 0 Å². The monoisotopic (exact) mass is 598 g/mol. The number of hydrazone groups is 3. The summed E-state index contributed by atoms with van der Waals surface area (Å²) in [7, 11) is -4.46. The predicted molar refractivity (Wildman–Crippen MR) is 160 cm³/mol. The van der Waals surface area contributed by atoms with E-state index in [1.165, 1.54) is 22.2 Å². The Balaban J connectivity index is 1.48. The first-order chi connectivity index (χ1) is 20.5. The van der Waals surface area contributed by atoms with Gasteiger partial charge in [0.05, 0.1) is 27.7 Å². The molecule has 3 aliphatic heterocycles. The highest BCUT2D eigenvalue weighted by atomic mass is 32.2. The van der Waals surface area contributed by atoms with Crippen LogP contribution in [0.5, 0.6) is 0 Å². The number of hydrogen-bond acceptors (Lipinski definition) is 8. The molecule has 1 N–H and O–H groups in total. The molecule has 43 heavy (non-hydrogen) atoms. The van der Waals surface area contributed by atoms with Crippen molar-refractivity contribution in [3.63, 3.8) is 0 Å². The minimum Gasteiger partial charge on any atom is -0.282 e. The Morgan fingerprint density at radius 3 is 1.49 bits per heavy atom. The van der Waals surface area contributed by atoms with Crippen LogP contribution < -0.4 is 15.0 Å². The highest BCUT2D eigenvalue weighted by Crippen LogP contribution is 2.51. The zero-order chi connectivity index (χ0) is 30.7. The summed E-state index contributed by atoms with van der Waals surface area (Å²) in [5, 5.41) is 17.1. The summed E-state index contributed by atoms with van der Waals surface area (Å²) in [6.45, 7) is 4.87. The van der Waals surface area contributed by atoms with Crippen LogP contribution in [0.2, 0.25) is 0 Å². The molecule has 3 aromatic rings. The Morgan fingerprint density at radius 2 is 1.05 bits per heavy atom. The molecule has 12 nitrogen and oxygen atoms in total. The van der Waals surface area contributed by atoms with Crippen molar-refractivity contribution in [2.24, 2.45) is 32.6 Å². The van der Waals surface area contributed by atoms with Crippen LogP contribution >= 0.6 is 0 Å². The Bertz CT molecular complexity index is 1860. The number of amides is 3. The van der Waals surface area contributed by atoms with Crippen LogP contribution in [0.25, 0.3) is 0 Å². The summed E-state index contributed by atoms with van der Waals surface area (Å²) in [5.41, 5.74) is 0.227. The number of anilines is 3. The van der Waals surface area contributed by atoms with Crippen molar-refractivity contribution < 1.29 is 27.4 Å². The maximum absolute atomic E-state index is 14.7. The van der Waals surface area contributed by atoms with Crippen molar-refractivity contribution >= 4 is 62.0 Å². The number of para-hydroxylation sites is 2. The second kappa shape index (κ2) is 10.1. The number of carbonyl (C=O) groups excluding carboxylic acids is 3. The summed E-state index contributed by atoms with van der Waals surface area (Å²) in [6, 6.07) is 22.4. The van der Waals surface area contributed by atoms with Crippen LogP contribution in [-0.4, -0.2) is 47.8 Å². The first-order valence-electron chi connectivity index (χ1n) is 13.3. The number of carbonyl (C=O) groups is 3. The molecule has 3 amide bonds. The van der Waals surface area contributed by atoms with Crippen molar-refractivity contribution in [1.29, 1.82) is 0 Å². The smallest absolute Gasteiger partial charge is 0.282 e. The van der Waals surface area contributed by atoms with E-state index >= 15 is 0 Å². The molecular weight excluding hydrogens is 572 g/mol. The lowest BCUT2D eigenvalue weighted by molar-refractivity contribution is -0.136. The Labute approximate surface area is 247 Å². The van der Waals surface area contributed by atoms with Gasteiger partial charge in [0.25, 0.3) is 27.8 Å². The average Bonchev–Trinajstić information content (AvgIpc) is 3.56. The van der Waals surface area contributed by atoms with Gasteiger partial charge in [-0.05, 0) is 69.3 Å². The number of nitrogens with zero attached hydrogens (tertiary/aromatic N) is 6. The molecule has 3 aliphatic rings. The van der Waals surface area contributed by atoms with Gasteiger partial charge in [-0.25, -0.2) is 10.0 Å². The number of rotatable bonds is 6. The molecule has 3 heterocycles. The molecule has 3 atom stereocenters. The van der Waals surface area contributed by atoms with Crippen LogP contribution in [0.15, 0.2) is 105 Å². The fourth-order valence-electron chi connectivity index (χ4n) is 6.06. The van der Waals surface area contributed by atoms with Gasteiger partial charge in [0.2, 0.25) is 0 Å². The van der Waals surface area contributed by atoms with Gasteiger partial charge in [-0.15, -0.1) is 0 Å². The summed E-state index contributed by atoms with van der Waals surface area (Å²) in [6.07, 6.45) is 0. The second-order valence-electron chi connectivity index (χ2n) is 10.5. The fraction of sp³-hybridized carbons (Fsp3) is 0.200. The van der Waals surface area contributed by atoms with E-state index in [0.29, 0.717) is 17.1 Å². The van der Waals surface area contributed by atoms with Gasteiger partial charge >= 0.3 is 0 Å². The molecule has 0 radical (unpaired) electrons. The van der Waals surface area contributed by atoms with Crippen molar-refractivity contribution in [2.45, 2.75) is 25.7 Å². The summed E-state index contributed by atoms with van der Waals surface area (Å²) in [4.78, 5) is 42.9.